The van der Waals surface area contributed by atoms with Crippen molar-refractivity contribution in [2.75, 3.05) is 5.32 Å². The maximum atomic E-state index is 13.9. The first-order valence-corrected chi connectivity index (χ1v) is 6.23. The van der Waals surface area contributed by atoms with E-state index in [0.29, 0.717) is 18.9 Å². The van der Waals surface area contributed by atoms with Crippen LogP contribution in [0.1, 0.15) is 44.0 Å². The number of carboxylic acid groups (broad SMARTS) is 1. The normalized spacial score (nSPS) is 11.2. The summed E-state index contributed by atoms with van der Waals surface area (Å²) in [5, 5.41) is 22.7. The van der Waals surface area contributed by atoms with Gasteiger partial charge in [0.15, 0.2) is 5.82 Å². The molecule has 110 valence electrons. The number of nitro benzene ring substituents is 1. The first-order valence-electron chi connectivity index (χ1n) is 6.23. The smallest absolute Gasteiger partial charge is 0.342 e. The molecule has 0 saturated heterocycles. The monoisotopic (exact) mass is 284 g/mol. The van der Waals surface area contributed by atoms with Crippen LogP contribution >= 0.6 is 0 Å². The molecule has 0 atom stereocenters. The lowest BCUT2D eigenvalue weighted by atomic mass is 9.95. The van der Waals surface area contributed by atoms with Crippen LogP contribution in [0.2, 0.25) is 0 Å². The van der Waals surface area contributed by atoms with Gasteiger partial charge in [0, 0.05) is 5.54 Å². The lowest BCUT2D eigenvalue weighted by Crippen LogP contribution is -2.33. The van der Waals surface area contributed by atoms with E-state index in [1.54, 1.807) is 0 Å². The van der Waals surface area contributed by atoms with Crippen LogP contribution in [0, 0.1) is 15.9 Å². The summed E-state index contributed by atoms with van der Waals surface area (Å²) in [5.74, 6) is -2.30. The highest BCUT2D eigenvalue weighted by atomic mass is 19.1. The summed E-state index contributed by atoms with van der Waals surface area (Å²) in [4.78, 5) is 20.9. The largest absolute Gasteiger partial charge is 0.477 e. The van der Waals surface area contributed by atoms with Gasteiger partial charge in [0.2, 0.25) is 0 Å². The van der Waals surface area contributed by atoms with Gasteiger partial charge in [-0.05, 0) is 25.8 Å². The summed E-state index contributed by atoms with van der Waals surface area (Å²) in [7, 11) is 0. The molecule has 0 aliphatic carbocycles. The van der Waals surface area contributed by atoms with Crippen molar-refractivity contribution in [3.63, 3.8) is 0 Å². The molecule has 0 aliphatic rings. The molecular weight excluding hydrogens is 267 g/mol. The van der Waals surface area contributed by atoms with E-state index in [9.17, 15) is 19.3 Å². The average molecular weight is 284 g/mol. The van der Waals surface area contributed by atoms with Gasteiger partial charge in [0.05, 0.1) is 16.7 Å². The predicted octanol–water partition coefficient (Wildman–Crippen LogP) is 3.42. The molecule has 0 heterocycles. The van der Waals surface area contributed by atoms with Crippen LogP contribution in [-0.2, 0) is 0 Å². The summed E-state index contributed by atoms with van der Waals surface area (Å²) in [6.45, 7) is 5.70. The Hall–Kier alpha value is -2.18. The molecule has 6 nitrogen and oxygen atoms in total. The fourth-order valence-electron chi connectivity index (χ4n) is 1.73. The Morgan fingerprint density at radius 1 is 1.45 bits per heavy atom. The van der Waals surface area contributed by atoms with E-state index in [0.717, 1.165) is 6.07 Å². The Kier molecular flexibility index (Phi) is 4.65. The fraction of sp³-hybridized carbons (Fsp3) is 0.462. The minimum absolute atomic E-state index is 0.0424. The molecule has 1 aromatic carbocycles. The zero-order chi connectivity index (χ0) is 15.5. The molecule has 0 aliphatic heterocycles. The van der Waals surface area contributed by atoms with Crippen LogP contribution in [0.5, 0.6) is 0 Å². The minimum atomic E-state index is -1.46. The number of hydrogen-bond donors (Lipinski definition) is 2. The highest BCUT2D eigenvalue weighted by molar-refractivity contribution is 5.93. The second kappa shape index (κ2) is 5.85. The predicted molar refractivity (Wildman–Crippen MR) is 72.6 cm³/mol. The number of nitrogens with zero attached hydrogens (tertiary/aromatic N) is 1. The lowest BCUT2D eigenvalue weighted by Gasteiger charge is -2.29. The number of halogens is 1. The molecule has 0 aromatic heterocycles. The molecule has 20 heavy (non-hydrogen) atoms. The molecule has 2 N–H and O–H groups in total. The standard InChI is InChI=1S/C13H17FN2O4/c1-4-13(3,5-2)15-10-6-8(12(17)18)11(16(19)20)7-9(10)14/h6-7,15H,4-5H2,1-3H3,(H,17,18). The molecule has 0 radical (unpaired) electrons. The molecule has 1 aromatic rings. The van der Waals surface area contributed by atoms with Crippen molar-refractivity contribution in [2.24, 2.45) is 0 Å². The van der Waals surface area contributed by atoms with Crippen LogP contribution in [0.4, 0.5) is 15.8 Å². The van der Waals surface area contributed by atoms with Gasteiger partial charge < -0.3 is 10.4 Å². The zero-order valence-corrected chi connectivity index (χ0v) is 11.6. The molecule has 0 saturated carbocycles. The summed E-state index contributed by atoms with van der Waals surface area (Å²) in [6.07, 6.45) is 1.39. The summed E-state index contributed by atoms with van der Waals surface area (Å²) < 4.78 is 13.9. The average Bonchev–Trinajstić information content (AvgIpc) is 2.40. The first kappa shape index (κ1) is 15.9. The number of nitro groups is 1. The van der Waals surface area contributed by atoms with E-state index >= 15 is 0 Å². The number of aromatic carboxylic acids is 1. The zero-order valence-electron chi connectivity index (χ0n) is 11.6. The molecule has 0 spiro atoms. The van der Waals surface area contributed by atoms with E-state index < -0.39 is 33.5 Å². The van der Waals surface area contributed by atoms with Crippen molar-refractivity contribution in [1.82, 2.24) is 0 Å². The van der Waals surface area contributed by atoms with Crippen LogP contribution in [0.15, 0.2) is 12.1 Å². The van der Waals surface area contributed by atoms with Gasteiger partial charge >= 0.3 is 5.97 Å². The summed E-state index contributed by atoms with van der Waals surface area (Å²) in [6, 6.07) is 1.61. The second-order valence-electron chi connectivity index (χ2n) is 4.80. The van der Waals surface area contributed by atoms with Gasteiger partial charge in [-0.3, -0.25) is 10.1 Å². The Labute approximate surface area is 115 Å². The number of hydrogen-bond acceptors (Lipinski definition) is 4. The lowest BCUT2D eigenvalue weighted by molar-refractivity contribution is -0.385. The van der Waals surface area contributed by atoms with E-state index in [1.807, 2.05) is 20.8 Å². The number of anilines is 1. The van der Waals surface area contributed by atoms with Crippen molar-refractivity contribution < 1.29 is 19.2 Å². The van der Waals surface area contributed by atoms with Crippen molar-refractivity contribution in [3.8, 4) is 0 Å². The Bertz CT molecular complexity index is 541. The third-order valence-electron chi connectivity index (χ3n) is 3.51. The van der Waals surface area contributed by atoms with Crippen LogP contribution in [0.3, 0.4) is 0 Å². The summed E-state index contributed by atoms with van der Waals surface area (Å²) in [5.41, 5.74) is -1.74. The molecule has 1 rings (SSSR count). The summed E-state index contributed by atoms with van der Waals surface area (Å²) >= 11 is 0. The topological polar surface area (TPSA) is 92.5 Å². The molecular formula is C13H17FN2O4. The van der Waals surface area contributed by atoms with Gasteiger partial charge in [-0.1, -0.05) is 13.8 Å². The molecule has 0 unspecified atom stereocenters. The van der Waals surface area contributed by atoms with Gasteiger partial charge in [-0.2, -0.15) is 0 Å². The maximum Gasteiger partial charge on any atom is 0.342 e. The molecule has 7 heteroatoms. The highest BCUT2D eigenvalue weighted by Gasteiger charge is 2.26. The van der Waals surface area contributed by atoms with Gasteiger partial charge in [0.1, 0.15) is 5.56 Å². The Morgan fingerprint density at radius 3 is 2.40 bits per heavy atom. The minimum Gasteiger partial charge on any atom is -0.477 e. The van der Waals surface area contributed by atoms with Gasteiger partial charge in [0.25, 0.3) is 5.69 Å². The Morgan fingerprint density at radius 2 is 2.00 bits per heavy atom. The van der Waals surface area contributed by atoms with E-state index in [2.05, 4.69) is 5.32 Å². The van der Waals surface area contributed by atoms with Crippen molar-refractivity contribution in [3.05, 3.63) is 33.6 Å². The molecule has 0 bridgehead atoms. The highest BCUT2D eigenvalue weighted by Crippen LogP contribution is 2.29. The third-order valence-corrected chi connectivity index (χ3v) is 3.51. The number of nitrogens with one attached hydrogen (secondary N) is 1. The number of rotatable bonds is 6. The third kappa shape index (κ3) is 3.23. The van der Waals surface area contributed by atoms with Crippen LogP contribution in [0.25, 0.3) is 0 Å². The van der Waals surface area contributed by atoms with Gasteiger partial charge in [-0.25, -0.2) is 9.18 Å². The van der Waals surface area contributed by atoms with Gasteiger partial charge in [-0.15, -0.1) is 0 Å². The van der Waals surface area contributed by atoms with Crippen LogP contribution < -0.4 is 5.32 Å². The second-order valence-corrected chi connectivity index (χ2v) is 4.80. The Balaban J connectivity index is 3.33. The van der Waals surface area contributed by atoms with Crippen LogP contribution in [-0.4, -0.2) is 21.5 Å². The number of carbonyl (C=O) groups is 1. The first-order chi connectivity index (χ1) is 9.24. The van der Waals surface area contributed by atoms with E-state index in [4.69, 9.17) is 5.11 Å². The van der Waals surface area contributed by atoms with E-state index in [1.165, 1.54) is 0 Å². The SMILES string of the molecule is CCC(C)(CC)Nc1cc(C(=O)O)c([N+](=O)[O-])cc1F. The molecule has 0 amide bonds. The quantitative estimate of drug-likeness (QED) is 0.616. The van der Waals surface area contributed by atoms with Crippen molar-refractivity contribution in [1.29, 1.82) is 0 Å². The maximum absolute atomic E-state index is 13.9. The fourth-order valence-corrected chi connectivity index (χ4v) is 1.73. The number of benzene rings is 1. The molecule has 0 fully saturated rings. The van der Waals surface area contributed by atoms with Crippen molar-refractivity contribution in [2.45, 2.75) is 39.2 Å². The van der Waals surface area contributed by atoms with Crippen molar-refractivity contribution >= 4 is 17.3 Å². The van der Waals surface area contributed by atoms with E-state index in [-0.39, 0.29) is 5.69 Å². The number of carboxylic acids is 1.